The Hall–Kier alpha value is -0.720. The summed E-state index contributed by atoms with van der Waals surface area (Å²) >= 11 is -2.51. The van der Waals surface area contributed by atoms with Crippen molar-refractivity contribution in [1.82, 2.24) is 5.16 Å². The Labute approximate surface area is 65.8 Å². The van der Waals surface area contributed by atoms with Crippen LogP contribution in [0.2, 0.25) is 0 Å². The first kappa shape index (κ1) is 8.38. The first-order valence-electron chi connectivity index (χ1n) is 2.87. The van der Waals surface area contributed by atoms with Gasteiger partial charge in [0.1, 0.15) is 18.1 Å². The molecule has 0 saturated carbocycles. The molecule has 1 aromatic heterocycles. The lowest BCUT2D eigenvalue weighted by molar-refractivity contribution is 0.212. The van der Waals surface area contributed by atoms with Crippen molar-refractivity contribution >= 4 is 11.4 Å². The fourth-order valence-electron chi connectivity index (χ4n) is 0.599. The molecular weight excluding hydrogens is 170 g/mol. The number of rotatable bonds is 3. The first-order valence-corrected chi connectivity index (χ1v) is 3.87. The molecule has 0 aliphatic rings. The van der Waals surface area contributed by atoms with Gasteiger partial charge in [0.2, 0.25) is 0 Å². The summed E-state index contributed by atoms with van der Waals surface area (Å²) in [6.07, 6.45) is 0.759. The zero-order valence-corrected chi connectivity index (χ0v) is 6.54. The molecule has 11 heavy (non-hydrogen) atoms. The molecule has 62 valence electrons. The Kier molecular flexibility index (Phi) is 2.75. The number of hydrogen-bond donors (Lipinski definition) is 0. The maximum absolute atomic E-state index is 10.0. The van der Waals surface area contributed by atoms with Gasteiger partial charge in [-0.1, -0.05) is 5.16 Å². The highest BCUT2D eigenvalue weighted by atomic mass is 32.2. The minimum atomic E-state index is -2.51. The highest BCUT2D eigenvalue weighted by Crippen LogP contribution is 2.14. The van der Waals surface area contributed by atoms with E-state index in [4.69, 9.17) is 0 Å². The van der Waals surface area contributed by atoms with Crippen molar-refractivity contribution < 1.29 is 17.5 Å². The average Bonchev–Trinajstić information content (AvgIpc) is 2.35. The van der Waals surface area contributed by atoms with E-state index in [2.05, 4.69) is 13.9 Å². The molecule has 0 N–H and O–H groups in total. The van der Waals surface area contributed by atoms with Gasteiger partial charge < -0.3 is 9.08 Å². The van der Waals surface area contributed by atoms with E-state index in [1.54, 1.807) is 6.92 Å². The van der Waals surface area contributed by atoms with Crippen LogP contribution >= 0.6 is 0 Å². The smallest absolute Gasteiger partial charge is 0.124 e. The molecule has 0 aliphatic heterocycles. The first-order chi connectivity index (χ1) is 5.20. The highest BCUT2D eigenvalue weighted by Gasteiger charge is 2.08. The second-order valence-electron chi connectivity index (χ2n) is 1.87. The van der Waals surface area contributed by atoms with Gasteiger partial charge in [0.25, 0.3) is 0 Å². The van der Waals surface area contributed by atoms with Gasteiger partial charge >= 0.3 is 0 Å². The second-order valence-corrected chi connectivity index (χ2v) is 2.47. The van der Waals surface area contributed by atoms with E-state index >= 15 is 0 Å². The summed E-state index contributed by atoms with van der Waals surface area (Å²) < 4.78 is 28.9. The molecule has 2 atom stereocenters. The summed E-state index contributed by atoms with van der Waals surface area (Å²) in [5.74, 6) is 0. The van der Waals surface area contributed by atoms with Crippen molar-refractivity contribution in [2.24, 2.45) is 0 Å². The molecule has 2 unspecified atom stereocenters. The number of nitrogens with zero attached hydrogens (tertiary/aromatic N) is 1. The fourth-order valence-corrected chi connectivity index (χ4v) is 0.933. The van der Waals surface area contributed by atoms with Crippen molar-refractivity contribution in [3.63, 3.8) is 0 Å². The Morgan fingerprint density at radius 3 is 3.09 bits per heavy atom. The number of aromatic nitrogens is 1. The molecule has 1 heterocycles. The van der Waals surface area contributed by atoms with Crippen LogP contribution in [0.25, 0.3) is 0 Å². The topological polar surface area (TPSA) is 75.4 Å². The maximum atomic E-state index is 10.0. The molecule has 1 rings (SSSR count). The summed E-state index contributed by atoms with van der Waals surface area (Å²) in [7, 11) is 0. The van der Waals surface area contributed by atoms with E-state index in [0.717, 1.165) is 0 Å². The predicted octanol–water partition coefficient (Wildman–Crippen LogP) is 0.546. The molecule has 0 fully saturated rings. The lowest BCUT2D eigenvalue weighted by Crippen LogP contribution is -2.02. The van der Waals surface area contributed by atoms with Crippen LogP contribution in [-0.4, -0.2) is 13.9 Å². The van der Waals surface area contributed by atoms with E-state index in [9.17, 15) is 8.76 Å². The quantitative estimate of drug-likeness (QED) is 0.628. The van der Waals surface area contributed by atoms with Crippen LogP contribution in [0.5, 0.6) is 0 Å². The van der Waals surface area contributed by atoms with Gasteiger partial charge in [-0.05, 0) is 6.92 Å². The maximum Gasteiger partial charge on any atom is 0.124 e. The summed E-state index contributed by atoms with van der Waals surface area (Å²) in [6, 6.07) is 1.54. The van der Waals surface area contributed by atoms with Crippen molar-refractivity contribution in [2.45, 2.75) is 13.0 Å². The zero-order valence-electron chi connectivity index (χ0n) is 5.72. The minimum Gasteiger partial charge on any atom is -0.750 e. The van der Waals surface area contributed by atoms with Crippen LogP contribution in [0, 0.1) is 0 Å². The predicted molar refractivity (Wildman–Crippen MR) is 34.9 cm³/mol. The molecular formula is C5H6NO4S-. The van der Waals surface area contributed by atoms with Gasteiger partial charge in [0.05, 0.1) is 11.4 Å². The van der Waals surface area contributed by atoms with Crippen molar-refractivity contribution in [2.75, 3.05) is 0 Å². The van der Waals surface area contributed by atoms with Crippen molar-refractivity contribution in [1.29, 1.82) is 0 Å². The second kappa shape index (κ2) is 3.61. The highest BCUT2D eigenvalue weighted by molar-refractivity contribution is 7.74. The Bertz CT molecular complexity index is 235. The molecule has 5 nitrogen and oxygen atoms in total. The van der Waals surface area contributed by atoms with Gasteiger partial charge in [0.15, 0.2) is 0 Å². The minimum absolute atomic E-state index is 0.453. The largest absolute Gasteiger partial charge is 0.750 e. The van der Waals surface area contributed by atoms with E-state index in [1.165, 1.54) is 12.3 Å². The van der Waals surface area contributed by atoms with Gasteiger partial charge in [-0.2, -0.15) is 0 Å². The van der Waals surface area contributed by atoms with Crippen LogP contribution in [0.3, 0.4) is 0 Å². The molecule has 0 amide bonds. The van der Waals surface area contributed by atoms with Crippen molar-refractivity contribution in [3.05, 3.63) is 18.0 Å². The van der Waals surface area contributed by atoms with Crippen molar-refractivity contribution in [3.8, 4) is 0 Å². The van der Waals surface area contributed by atoms with Crippen LogP contribution < -0.4 is 0 Å². The van der Waals surface area contributed by atoms with E-state index < -0.39 is 17.5 Å². The molecule has 0 saturated heterocycles. The standard InChI is InChI=1S/C5H7NO4S/c1-4(10-11(7)8)5-2-3-9-6-5/h2-4H,1H3,(H,7,8)/p-1. The molecule has 0 aliphatic carbocycles. The SMILES string of the molecule is CC(OS(=O)[O-])c1ccon1. The molecule has 0 bridgehead atoms. The fraction of sp³-hybridized carbons (Fsp3) is 0.400. The number of hydrogen-bond acceptors (Lipinski definition) is 5. The third kappa shape index (κ3) is 2.41. The van der Waals surface area contributed by atoms with Gasteiger partial charge in [-0.3, -0.25) is 4.18 Å². The summed E-state index contributed by atoms with van der Waals surface area (Å²) in [4.78, 5) is 0. The molecule has 0 spiro atoms. The van der Waals surface area contributed by atoms with Gasteiger partial charge in [-0.25, -0.2) is 4.21 Å². The van der Waals surface area contributed by atoms with E-state index in [0.29, 0.717) is 5.69 Å². The molecule has 0 aromatic carbocycles. The molecule has 0 radical (unpaired) electrons. The lowest BCUT2D eigenvalue weighted by Gasteiger charge is -2.10. The summed E-state index contributed by atoms with van der Waals surface area (Å²) in [6.45, 7) is 1.56. The van der Waals surface area contributed by atoms with Gasteiger partial charge in [-0.15, -0.1) is 0 Å². The Morgan fingerprint density at radius 1 is 1.91 bits per heavy atom. The van der Waals surface area contributed by atoms with E-state index in [-0.39, 0.29) is 0 Å². The molecule has 6 heteroatoms. The summed E-state index contributed by atoms with van der Waals surface area (Å²) in [5.41, 5.74) is 0.453. The van der Waals surface area contributed by atoms with Crippen LogP contribution in [-0.2, 0) is 15.5 Å². The zero-order chi connectivity index (χ0) is 8.27. The summed E-state index contributed by atoms with van der Waals surface area (Å²) in [5, 5.41) is 3.50. The average molecular weight is 176 g/mol. The third-order valence-electron chi connectivity index (χ3n) is 1.10. The Morgan fingerprint density at radius 2 is 2.64 bits per heavy atom. The van der Waals surface area contributed by atoms with Crippen LogP contribution in [0.4, 0.5) is 0 Å². The van der Waals surface area contributed by atoms with Gasteiger partial charge in [0, 0.05) is 6.07 Å². The van der Waals surface area contributed by atoms with Crippen LogP contribution in [0.1, 0.15) is 18.7 Å². The molecule has 1 aromatic rings. The van der Waals surface area contributed by atoms with E-state index in [1.807, 2.05) is 0 Å². The third-order valence-corrected chi connectivity index (χ3v) is 1.54. The Balaban J connectivity index is 2.56. The van der Waals surface area contributed by atoms with Crippen LogP contribution in [0.15, 0.2) is 16.9 Å². The normalized spacial score (nSPS) is 16.2. The lowest BCUT2D eigenvalue weighted by atomic mass is 10.3. The monoisotopic (exact) mass is 176 g/mol.